The molecule has 0 N–H and O–H groups in total. The molecule has 0 saturated heterocycles. The van der Waals surface area contributed by atoms with Gasteiger partial charge in [-0.3, -0.25) is 9.59 Å². The molecule has 2 atom stereocenters. The summed E-state index contributed by atoms with van der Waals surface area (Å²) in [6.45, 7) is 8.36. The first-order chi connectivity index (χ1) is 11.3. The molecular weight excluding hydrogens is 316 g/mol. The van der Waals surface area contributed by atoms with Gasteiger partial charge >= 0.3 is 0 Å². The molecule has 24 heavy (non-hydrogen) atoms. The van der Waals surface area contributed by atoms with Crippen LogP contribution >= 0.6 is 11.8 Å². The SMILES string of the molecule is CCSC(=O)/C(C)=C/CC(C)(C)C[C@H]1C[C@@H]1C(=O)c1ccccc1. The minimum absolute atomic E-state index is 0.120. The number of Topliss-reactive ketones (excluding diaryl/α,β-unsaturated/α-hetero) is 1. The molecule has 3 heteroatoms. The Morgan fingerprint density at radius 1 is 1.25 bits per heavy atom. The molecule has 130 valence electrons. The van der Waals surface area contributed by atoms with Gasteiger partial charge in [-0.05, 0) is 48.8 Å². The standard InChI is InChI=1S/C21H28O2S/c1-5-24-20(23)15(2)11-12-21(3,4)14-17-13-18(17)19(22)16-9-7-6-8-10-16/h6-11,17-18H,5,12-14H2,1-4H3/b15-11+/t17-,18+/m1/s1. The van der Waals surface area contributed by atoms with Crippen LogP contribution < -0.4 is 0 Å². The number of carbonyl (C=O) groups is 2. The summed E-state index contributed by atoms with van der Waals surface area (Å²) in [6.07, 6.45) is 5.00. The van der Waals surface area contributed by atoms with E-state index in [-0.39, 0.29) is 22.2 Å². The lowest BCUT2D eigenvalue weighted by Gasteiger charge is -2.23. The molecule has 0 amide bonds. The Bertz CT molecular complexity index is 616. The van der Waals surface area contributed by atoms with Gasteiger partial charge in [0.05, 0.1) is 0 Å². The van der Waals surface area contributed by atoms with E-state index in [1.54, 1.807) is 0 Å². The van der Waals surface area contributed by atoms with Gasteiger partial charge in [-0.1, -0.05) is 68.9 Å². The molecular formula is C21H28O2S. The maximum Gasteiger partial charge on any atom is 0.214 e. The van der Waals surface area contributed by atoms with Crippen molar-refractivity contribution in [2.24, 2.45) is 17.3 Å². The second kappa shape index (κ2) is 8.15. The van der Waals surface area contributed by atoms with Crippen molar-refractivity contribution >= 4 is 22.7 Å². The number of hydrogen-bond acceptors (Lipinski definition) is 3. The van der Waals surface area contributed by atoms with Gasteiger partial charge in [-0.2, -0.15) is 0 Å². The quantitative estimate of drug-likeness (QED) is 0.459. The van der Waals surface area contributed by atoms with Crippen molar-refractivity contribution in [1.29, 1.82) is 0 Å². The van der Waals surface area contributed by atoms with Crippen LogP contribution in [-0.4, -0.2) is 16.7 Å². The fourth-order valence-corrected chi connectivity index (χ4v) is 3.73. The Hall–Kier alpha value is -1.35. The summed E-state index contributed by atoms with van der Waals surface area (Å²) < 4.78 is 0. The molecule has 1 aromatic rings. The van der Waals surface area contributed by atoms with Gasteiger partial charge in [-0.15, -0.1) is 0 Å². The molecule has 1 saturated carbocycles. The predicted octanol–water partition coefficient (Wildman–Crippen LogP) is 5.54. The molecule has 0 unspecified atom stereocenters. The molecule has 0 aromatic heterocycles. The van der Waals surface area contributed by atoms with E-state index in [9.17, 15) is 9.59 Å². The van der Waals surface area contributed by atoms with E-state index in [1.807, 2.05) is 44.2 Å². The monoisotopic (exact) mass is 344 g/mol. The fourth-order valence-electron chi connectivity index (χ4n) is 3.16. The number of thioether (sulfide) groups is 1. The second-order valence-electron chi connectivity index (χ2n) is 7.51. The van der Waals surface area contributed by atoms with Crippen molar-refractivity contribution in [3.63, 3.8) is 0 Å². The van der Waals surface area contributed by atoms with E-state index in [2.05, 4.69) is 19.9 Å². The molecule has 0 radical (unpaired) electrons. The summed E-state index contributed by atoms with van der Waals surface area (Å²) in [6, 6.07) is 9.61. The van der Waals surface area contributed by atoms with Crippen LogP contribution in [0.2, 0.25) is 0 Å². The van der Waals surface area contributed by atoms with E-state index in [1.165, 1.54) is 11.8 Å². The molecule has 0 aliphatic heterocycles. The summed E-state index contributed by atoms with van der Waals surface area (Å²) in [5, 5.41) is 0.178. The Balaban J connectivity index is 1.86. The third-order valence-electron chi connectivity index (χ3n) is 4.69. The van der Waals surface area contributed by atoms with Crippen LogP contribution in [0.4, 0.5) is 0 Å². The summed E-state index contributed by atoms with van der Waals surface area (Å²) >= 11 is 1.37. The van der Waals surface area contributed by atoms with Crippen LogP contribution in [0.1, 0.15) is 57.3 Å². The molecule has 0 bridgehead atoms. The van der Waals surface area contributed by atoms with Crippen molar-refractivity contribution in [3.8, 4) is 0 Å². The van der Waals surface area contributed by atoms with E-state index in [4.69, 9.17) is 0 Å². The molecule has 0 heterocycles. The van der Waals surface area contributed by atoms with Crippen molar-refractivity contribution < 1.29 is 9.59 Å². The maximum atomic E-state index is 12.5. The molecule has 1 aliphatic rings. The van der Waals surface area contributed by atoms with Crippen molar-refractivity contribution in [2.75, 3.05) is 5.75 Å². The molecule has 2 rings (SSSR count). The normalized spacial score (nSPS) is 20.8. The summed E-state index contributed by atoms with van der Waals surface area (Å²) in [4.78, 5) is 24.3. The van der Waals surface area contributed by atoms with Crippen LogP contribution in [0.25, 0.3) is 0 Å². The molecule has 1 aliphatic carbocycles. The first-order valence-electron chi connectivity index (χ1n) is 8.77. The minimum atomic E-state index is 0.120. The Morgan fingerprint density at radius 3 is 2.54 bits per heavy atom. The van der Waals surface area contributed by atoms with Crippen molar-refractivity contribution in [3.05, 3.63) is 47.5 Å². The number of rotatable bonds is 8. The molecule has 0 spiro atoms. The lowest BCUT2D eigenvalue weighted by molar-refractivity contribution is -0.107. The molecule has 1 aromatic carbocycles. The summed E-state index contributed by atoms with van der Waals surface area (Å²) in [5.41, 5.74) is 1.80. The number of ketones is 1. The number of benzene rings is 1. The van der Waals surface area contributed by atoms with Crippen molar-refractivity contribution in [1.82, 2.24) is 0 Å². The lowest BCUT2D eigenvalue weighted by atomic mass is 9.82. The third kappa shape index (κ3) is 5.34. The van der Waals surface area contributed by atoms with Gasteiger partial charge in [0.2, 0.25) is 5.12 Å². The van der Waals surface area contributed by atoms with Gasteiger partial charge in [0.15, 0.2) is 5.78 Å². The maximum absolute atomic E-state index is 12.5. The summed E-state index contributed by atoms with van der Waals surface area (Å²) in [5.74, 6) is 1.78. The van der Waals surface area contributed by atoms with E-state index >= 15 is 0 Å². The predicted molar refractivity (Wildman–Crippen MR) is 102 cm³/mol. The van der Waals surface area contributed by atoms with E-state index in [0.717, 1.165) is 36.2 Å². The van der Waals surface area contributed by atoms with Crippen LogP contribution in [0.3, 0.4) is 0 Å². The Kier molecular flexibility index (Phi) is 6.45. The third-order valence-corrected chi connectivity index (χ3v) is 5.56. The van der Waals surface area contributed by atoms with Crippen LogP contribution in [0.5, 0.6) is 0 Å². The zero-order valence-corrected chi connectivity index (χ0v) is 16.0. The number of hydrogen-bond donors (Lipinski definition) is 0. The highest BCUT2D eigenvalue weighted by molar-refractivity contribution is 8.14. The molecule has 1 fully saturated rings. The van der Waals surface area contributed by atoms with Crippen LogP contribution in [0, 0.1) is 17.3 Å². The van der Waals surface area contributed by atoms with Gasteiger partial charge < -0.3 is 0 Å². The Morgan fingerprint density at radius 2 is 1.92 bits per heavy atom. The average Bonchev–Trinajstić information content (AvgIpc) is 3.31. The lowest BCUT2D eigenvalue weighted by Crippen LogP contribution is -2.13. The van der Waals surface area contributed by atoms with Gasteiger partial charge in [0.25, 0.3) is 0 Å². The first-order valence-corrected chi connectivity index (χ1v) is 9.76. The highest BCUT2D eigenvalue weighted by Crippen LogP contribution is 2.48. The Labute approximate surface area is 150 Å². The topological polar surface area (TPSA) is 34.1 Å². The second-order valence-corrected chi connectivity index (χ2v) is 8.75. The molecule has 2 nitrogen and oxygen atoms in total. The van der Waals surface area contributed by atoms with E-state index < -0.39 is 0 Å². The highest BCUT2D eigenvalue weighted by atomic mass is 32.2. The zero-order valence-electron chi connectivity index (χ0n) is 15.2. The smallest absolute Gasteiger partial charge is 0.214 e. The number of carbonyl (C=O) groups excluding carboxylic acids is 2. The first kappa shape index (κ1) is 19.0. The van der Waals surface area contributed by atoms with Crippen molar-refractivity contribution in [2.45, 2.75) is 47.0 Å². The average molecular weight is 345 g/mol. The largest absolute Gasteiger partial charge is 0.294 e. The van der Waals surface area contributed by atoms with Crippen LogP contribution in [-0.2, 0) is 4.79 Å². The number of allylic oxidation sites excluding steroid dienone is 1. The van der Waals surface area contributed by atoms with Gasteiger partial charge in [-0.25, -0.2) is 0 Å². The van der Waals surface area contributed by atoms with E-state index in [0.29, 0.717) is 5.92 Å². The summed E-state index contributed by atoms with van der Waals surface area (Å²) in [7, 11) is 0. The highest BCUT2D eigenvalue weighted by Gasteiger charge is 2.45. The minimum Gasteiger partial charge on any atom is -0.294 e. The zero-order chi connectivity index (χ0) is 17.7. The fraction of sp³-hybridized carbons (Fsp3) is 0.524. The van der Waals surface area contributed by atoms with Crippen LogP contribution in [0.15, 0.2) is 42.0 Å². The van der Waals surface area contributed by atoms with Gasteiger partial charge in [0, 0.05) is 11.5 Å². The van der Waals surface area contributed by atoms with Gasteiger partial charge in [0.1, 0.15) is 0 Å².